The lowest BCUT2D eigenvalue weighted by Crippen LogP contribution is -2.63. The molecule has 310 valence electrons. The molecule has 0 radical (unpaired) electrons. The van der Waals surface area contributed by atoms with Crippen molar-refractivity contribution in [3.05, 3.63) is 93.1 Å². The average Bonchev–Trinajstić information content (AvgIpc) is 3.69. The van der Waals surface area contributed by atoms with Gasteiger partial charge in [-0.05, 0) is 39.0 Å². The summed E-state index contributed by atoms with van der Waals surface area (Å²) in [5.41, 5.74) is -0.684. The number of esters is 1. The van der Waals surface area contributed by atoms with Gasteiger partial charge >= 0.3 is 17.2 Å². The Morgan fingerprint density at radius 2 is 1.47 bits per heavy atom. The van der Waals surface area contributed by atoms with E-state index in [2.05, 4.69) is 0 Å². The number of carbonyl (C=O) groups excluding carboxylic acids is 1. The Balaban J connectivity index is 1.19. The molecule has 0 spiro atoms. The molecule has 3 fully saturated rings. The lowest BCUT2D eigenvalue weighted by atomic mass is 9.96. The van der Waals surface area contributed by atoms with E-state index in [1.54, 1.807) is 57.2 Å². The van der Waals surface area contributed by atoms with Crippen LogP contribution in [0.4, 0.5) is 0 Å². The van der Waals surface area contributed by atoms with Crippen LogP contribution in [0.5, 0.6) is 11.5 Å². The largest absolute Gasteiger partial charge is 0.461 e. The van der Waals surface area contributed by atoms with Crippen molar-refractivity contribution in [2.24, 2.45) is 0 Å². The van der Waals surface area contributed by atoms with Crippen molar-refractivity contribution in [3.8, 4) is 11.5 Å². The first-order valence-electron chi connectivity index (χ1n) is 19.4. The molecule has 9 rings (SSSR count). The second-order valence-electron chi connectivity index (χ2n) is 14.7. The van der Waals surface area contributed by atoms with E-state index in [0.29, 0.717) is 12.0 Å². The Hall–Kier alpha value is -5.01. The van der Waals surface area contributed by atoms with Crippen molar-refractivity contribution in [2.75, 3.05) is 20.3 Å². The zero-order valence-corrected chi connectivity index (χ0v) is 32.4. The Morgan fingerprint density at radius 3 is 2.25 bits per heavy atom. The number of aliphatic hydroxyl groups excluding tert-OH is 2. The van der Waals surface area contributed by atoms with Crippen molar-refractivity contribution in [2.45, 2.75) is 94.9 Å². The summed E-state index contributed by atoms with van der Waals surface area (Å²) in [6.45, 7) is 5.68. The smallest absolute Gasteiger partial charge is 0.348 e. The van der Waals surface area contributed by atoms with Crippen LogP contribution in [0, 0.1) is 0 Å². The van der Waals surface area contributed by atoms with Crippen LogP contribution in [0.1, 0.15) is 39.0 Å². The number of methoxy groups -OCH3 is 1. The topological polar surface area (TPSA) is 201 Å². The maximum absolute atomic E-state index is 13.8. The molecule has 11 unspecified atom stereocenters. The quantitative estimate of drug-likeness (QED) is 0.0464. The first-order valence-corrected chi connectivity index (χ1v) is 19.4. The van der Waals surface area contributed by atoms with Crippen LogP contribution >= 0.6 is 0 Å². The van der Waals surface area contributed by atoms with E-state index >= 15 is 0 Å². The van der Waals surface area contributed by atoms with E-state index in [1.165, 1.54) is 7.11 Å². The van der Waals surface area contributed by atoms with Crippen LogP contribution in [0.25, 0.3) is 43.5 Å². The van der Waals surface area contributed by atoms with Gasteiger partial charge in [-0.1, -0.05) is 48.5 Å². The minimum absolute atomic E-state index is 0.0260. The van der Waals surface area contributed by atoms with Gasteiger partial charge in [0.05, 0.1) is 36.0 Å². The Bertz CT molecular complexity index is 2610. The molecule has 6 aromatic rings. The molecule has 3 aliphatic rings. The number of hydrogen-bond acceptors (Lipinski definition) is 16. The minimum atomic E-state index is -1.45. The van der Waals surface area contributed by atoms with Crippen LogP contribution in [-0.2, 0) is 38.0 Å². The Morgan fingerprint density at radius 1 is 0.729 bits per heavy atom. The van der Waals surface area contributed by atoms with E-state index < -0.39 is 84.9 Å². The van der Waals surface area contributed by atoms with Gasteiger partial charge in [-0.25, -0.2) is 9.59 Å². The van der Waals surface area contributed by atoms with Crippen molar-refractivity contribution < 1.29 is 66.5 Å². The predicted octanol–water partition coefficient (Wildman–Crippen LogP) is 4.45. The third kappa shape index (κ3) is 6.83. The monoisotopic (exact) mass is 814 g/mol. The van der Waals surface area contributed by atoms with Gasteiger partial charge in [0.15, 0.2) is 30.0 Å². The van der Waals surface area contributed by atoms with E-state index in [9.17, 15) is 24.6 Å². The number of ether oxygens (including phenoxy) is 9. The summed E-state index contributed by atoms with van der Waals surface area (Å²) < 4.78 is 67.3. The molecular weight excluding hydrogens is 772 g/mol. The highest BCUT2D eigenvalue weighted by atomic mass is 16.8. The number of fused-ring (bicyclic) bond motifs is 3. The fourth-order valence-electron chi connectivity index (χ4n) is 8.30. The summed E-state index contributed by atoms with van der Waals surface area (Å²) in [6.07, 6.45) is -11.4. The maximum atomic E-state index is 13.8. The number of carbonyl (C=O) groups is 1. The molecular formula is C43H42O16. The van der Waals surface area contributed by atoms with E-state index in [0.717, 1.165) is 5.56 Å². The summed E-state index contributed by atoms with van der Waals surface area (Å²) in [5.74, 6) is -0.724. The average molecular weight is 815 g/mol. The molecule has 11 atom stereocenters. The lowest BCUT2D eigenvalue weighted by molar-refractivity contribution is -0.346. The SMILES string of the molecule is CCOCCC(=O)Oc1c2cccc(OC3OC(C)C4OC(c5ccccc5)OC4C3OC3OC(C)C(O)C(OC)C3O)c2c2oc(=O)c3cccc4oc(=O)c1c2c43. The molecule has 3 saturated heterocycles. The molecule has 4 aromatic carbocycles. The lowest BCUT2D eigenvalue weighted by Gasteiger charge is -2.45. The van der Waals surface area contributed by atoms with Crippen LogP contribution in [0.3, 0.4) is 0 Å². The molecule has 2 N–H and O–H groups in total. The molecule has 0 amide bonds. The van der Waals surface area contributed by atoms with Gasteiger partial charge in [0.2, 0.25) is 6.29 Å². The Kier molecular flexibility index (Phi) is 10.6. The summed E-state index contributed by atoms with van der Waals surface area (Å²) in [4.78, 5) is 40.8. The molecule has 0 saturated carbocycles. The van der Waals surface area contributed by atoms with Gasteiger partial charge in [-0.2, -0.15) is 0 Å². The van der Waals surface area contributed by atoms with E-state index in [4.69, 9.17) is 51.5 Å². The highest BCUT2D eigenvalue weighted by Gasteiger charge is 2.56. The van der Waals surface area contributed by atoms with Gasteiger partial charge < -0.3 is 61.7 Å². The molecule has 0 aliphatic carbocycles. The highest BCUT2D eigenvalue weighted by molar-refractivity contribution is 6.28. The molecule has 59 heavy (non-hydrogen) atoms. The third-order valence-electron chi connectivity index (χ3n) is 11.1. The number of aliphatic hydroxyl groups is 2. The van der Waals surface area contributed by atoms with Crippen LogP contribution in [0.15, 0.2) is 85.2 Å². The normalized spacial score (nSPS) is 29.7. The summed E-state index contributed by atoms with van der Waals surface area (Å²) in [6, 6.07) is 18.8. The van der Waals surface area contributed by atoms with Crippen LogP contribution in [0.2, 0.25) is 0 Å². The van der Waals surface area contributed by atoms with Crippen LogP contribution in [-0.4, -0.2) is 97.9 Å². The molecule has 5 heterocycles. The number of rotatable bonds is 11. The van der Waals surface area contributed by atoms with Gasteiger partial charge in [0, 0.05) is 35.4 Å². The van der Waals surface area contributed by atoms with Gasteiger partial charge in [-0.15, -0.1) is 0 Å². The zero-order valence-electron chi connectivity index (χ0n) is 32.4. The second kappa shape index (κ2) is 15.9. The van der Waals surface area contributed by atoms with Crippen LogP contribution < -0.4 is 20.7 Å². The molecule has 0 bridgehead atoms. The van der Waals surface area contributed by atoms with Gasteiger partial charge in [0.25, 0.3) is 0 Å². The first kappa shape index (κ1) is 39.5. The fourth-order valence-corrected chi connectivity index (χ4v) is 8.30. The van der Waals surface area contributed by atoms with E-state index in [-0.39, 0.29) is 62.6 Å². The van der Waals surface area contributed by atoms with E-state index in [1.807, 2.05) is 30.3 Å². The summed E-state index contributed by atoms with van der Waals surface area (Å²) in [7, 11) is 1.36. The minimum Gasteiger partial charge on any atom is -0.461 e. The van der Waals surface area contributed by atoms with Gasteiger partial charge in [0.1, 0.15) is 47.2 Å². The molecule has 16 nitrogen and oxygen atoms in total. The zero-order chi connectivity index (χ0) is 41.1. The fraction of sp³-hybridized carbons (Fsp3) is 0.419. The summed E-state index contributed by atoms with van der Waals surface area (Å²) >= 11 is 0. The van der Waals surface area contributed by atoms with Crippen molar-refractivity contribution in [1.82, 2.24) is 0 Å². The van der Waals surface area contributed by atoms with Crippen molar-refractivity contribution in [3.63, 3.8) is 0 Å². The molecule has 3 aliphatic heterocycles. The molecule has 2 aromatic heterocycles. The molecule has 16 heteroatoms. The Labute approximate surface area is 335 Å². The second-order valence-corrected chi connectivity index (χ2v) is 14.7. The highest BCUT2D eigenvalue weighted by Crippen LogP contribution is 2.47. The van der Waals surface area contributed by atoms with Gasteiger partial charge in [-0.3, -0.25) is 4.79 Å². The summed E-state index contributed by atoms with van der Waals surface area (Å²) in [5, 5.41) is 23.0. The standard InChI is InChI=1S/C43H42O16/c1-5-50-18-17-26(44)55-34-22-13-9-16-25(28(22)35-29-27-23(39(47)56-35)14-10-15-24(27)53-40(48)30(29)34)54-43-38(59-42-32(46)36(49-4)31(45)19(2)51-42)37-33(20(3)52-43)57-41(58-37)21-11-7-6-8-12-21/h6-16,19-20,31-33,36-38,41-43,45-46H,5,17-18H2,1-4H3. The number of benzene rings is 4. The third-order valence-corrected chi connectivity index (χ3v) is 11.1. The van der Waals surface area contributed by atoms with Crippen molar-refractivity contribution in [1.29, 1.82) is 0 Å². The van der Waals surface area contributed by atoms with Crippen molar-refractivity contribution >= 4 is 49.5 Å². The number of hydrogen-bond donors (Lipinski definition) is 2. The maximum Gasteiger partial charge on any atom is 0.348 e. The first-order chi connectivity index (χ1) is 28.6. The predicted molar refractivity (Wildman–Crippen MR) is 207 cm³/mol.